The van der Waals surface area contributed by atoms with E-state index in [0.717, 1.165) is 19.6 Å². The summed E-state index contributed by atoms with van der Waals surface area (Å²) in [5.41, 5.74) is 0.625. The Morgan fingerprint density at radius 2 is 1.68 bits per heavy atom. The van der Waals surface area contributed by atoms with E-state index in [4.69, 9.17) is 14.2 Å². The van der Waals surface area contributed by atoms with E-state index in [1.165, 1.54) is 29.2 Å². The summed E-state index contributed by atoms with van der Waals surface area (Å²) >= 11 is 0. The number of hydrogen-bond donors (Lipinski definition) is 1. The molecule has 2 fully saturated rings. The number of rotatable bonds is 7. The first kappa shape index (κ1) is 24.7. The lowest BCUT2D eigenvalue weighted by Gasteiger charge is -2.29. The summed E-state index contributed by atoms with van der Waals surface area (Å²) in [6.07, 6.45) is 0.612. The second kappa shape index (κ2) is 10.6. The molecule has 37 heavy (non-hydrogen) atoms. The number of carbonyl (C=O) groups is 2. The van der Waals surface area contributed by atoms with Gasteiger partial charge in [0.25, 0.3) is 17.4 Å². The molecule has 11 heteroatoms. The van der Waals surface area contributed by atoms with Crippen molar-refractivity contribution < 1.29 is 33.8 Å². The number of non-ortho nitro benzene ring substituents is 1. The first-order valence-electron chi connectivity index (χ1n) is 12.2. The van der Waals surface area contributed by atoms with Crippen molar-refractivity contribution in [2.45, 2.75) is 12.5 Å². The Morgan fingerprint density at radius 3 is 2.38 bits per heavy atom. The van der Waals surface area contributed by atoms with Gasteiger partial charge in [0.15, 0.2) is 11.5 Å². The number of amides is 1. The molecule has 0 bridgehead atoms. The molecule has 5 rings (SSSR count). The molecule has 1 amide bonds. The van der Waals surface area contributed by atoms with Gasteiger partial charge in [0.05, 0.1) is 29.8 Å². The number of aliphatic hydroxyl groups excluding tert-OH is 1. The summed E-state index contributed by atoms with van der Waals surface area (Å²) < 4.78 is 16.5. The molecule has 0 unspecified atom stereocenters. The van der Waals surface area contributed by atoms with Crippen molar-refractivity contribution in [3.05, 3.63) is 69.3 Å². The van der Waals surface area contributed by atoms with Crippen LogP contribution in [-0.4, -0.2) is 84.1 Å². The Kier molecular flexibility index (Phi) is 7.06. The number of nitro groups is 1. The zero-order valence-electron chi connectivity index (χ0n) is 20.1. The number of nitrogens with zero attached hydrogens (tertiary/aromatic N) is 3. The molecule has 2 aromatic carbocycles. The molecule has 0 radical (unpaired) electrons. The number of fused-ring (bicyclic) bond motifs is 1. The van der Waals surface area contributed by atoms with Crippen molar-refractivity contribution >= 4 is 23.1 Å². The molecule has 2 aromatic rings. The first-order valence-corrected chi connectivity index (χ1v) is 12.2. The van der Waals surface area contributed by atoms with Gasteiger partial charge < -0.3 is 24.2 Å². The number of benzene rings is 2. The van der Waals surface area contributed by atoms with Crippen LogP contribution in [-0.2, 0) is 14.3 Å². The summed E-state index contributed by atoms with van der Waals surface area (Å²) in [6.45, 7) is 4.68. The Morgan fingerprint density at radius 1 is 0.973 bits per heavy atom. The highest BCUT2D eigenvalue weighted by Crippen LogP contribution is 2.41. The number of Topliss-reactive ketones (excluding diaryl/α,β-unsaturated/α-hetero) is 1. The van der Waals surface area contributed by atoms with Crippen LogP contribution in [0.4, 0.5) is 5.69 Å². The molecule has 1 atom stereocenters. The standard InChI is InChI=1S/C26H27N3O8/c30-24(18-4-7-20-21(16-18)37-15-14-36-20)22-23(17-2-5-19(6-3-17)29(33)34)28(26(32)25(22)31)9-1-8-27-10-12-35-13-11-27/h2-7,16,23,30H,1,8-15H2/t23-/m1/s1. The predicted molar refractivity (Wildman–Crippen MR) is 131 cm³/mol. The van der Waals surface area contributed by atoms with Gasteiger partial charge >= 0.3 is 0 Å². The fraction of sp³-hybridized carbons (Fsp3) is 0.385. The van der Waals surface area contributed by atoms with Gasteiger partial charge in [-0.15, -0.1) is 0 Å². The molecule has 3 heterocycles. The average molecular weight is 510 g/mol. The third kappa shape index (κ3) is 5.00. The van der Waals surface area contributed by atoms with Crippen LogP contribution in [0, 0.1) is 10.1 Å². The quantitative estimate of drug-likeness (QED) is 0.197. The topological polar surface area (TPSA) is 132 Å². The van der Waals surface area contributed by atoms with Crippen LogP contribution in [0.1, 0.15) is 23.6 Å². The maximum atomic E-state index is 13.2. The molecule has 11 nitrogen and oxygen atoms in total. The Bertz CT molecular complexity index is 1240. The molecule has 3 aliphatic heterocycles. The van der Waals surface area contributed by atoms with Crippen LogP contribution < -0.4 is 9.47 Å². The van der Waals surface area contributed by atoms with Crippen LogP contribution in [0.15, 0.2) is 48.0 Å². The molecular formula is C26H27N3O8. The van der Waals surface area contributed by atoms with Gasteiger partial charge in [-0.1, -0.05) is 0 Å². The Balaban J connectivity index is 1.49. The molecule has 0 saturated carbocycles. The third-order valence-corrected chi connectivity index (χ3v) is 6.75. The minimum Gasteiger partial charge on any atom is -0.507 e. The van der Waals surface area contributed by atoms with Crippen molar-refractivity contribution in [2.24, 2.45) is 0 Å². The van der Waals surface area contributed by atoms with Gasteiger partial charge in [-0.3, -0.25) is 24.6 Å². The summed E-state index contributed by atoms with van der Waals surface area (Å²) in [7, 11) is 0. The SMILES string of the molecule is O=C1C(=O)N(CCCN2CCOCC2)[C@H](c2ccc([N+](=O)[O-])cc2)C1=C(O)c1ccc2c(c1)OCCO2. The maximum Gasteiger partial charge on any atom is 0.295 e. The lowest BCUT2D eigenvalue weighted by Crippen LogP contribution is -2.38. The van der Waals surface area contributed by atoms with Gasteiger partial charge in [-0.05, 0) is 42.3 Å². The Hall–Kier alpha value is -3.96. The molecule has 3 aliphatic rings. The highest BCUT2D eigenvalue weighted by molar-refractivity contribution is 6.46. The van der Waals surface area contributed by atoms with Gasteiger partial charge in [0.2, 0.25) is 0 Å². The van der Waals surface area contributed by atoms with Gasteiger partial charge in [0, 0.05) is 43.9 Å². The number of carbonyl (C=O) groups excluding carboxylic acids is 2. The van der Waals surface area contributed by atoms with Gasteiger partial charge in [0.1, 0.15) is 19.0 Å². The van der Waals surface area contributed by atoms with E-state index in [-0.39, 0.29) is 23.6 Å². The molecule has 194 valence electrons. The van der Waals surface area contributed by atoms with Crippen molar-refractivity contribution in [2.75, 3.05) is 52.6 Å². The zero-order valence-corrected chi connectivity index (χ0v) is 20.1. The van der Waals surface area contributed by atoms with Crippen LogP contribution >= 0.6 is 0 Å². The molecule has 0 aliphatic carbocycles. The van der Waals surface area contributed by atoms with Crippen molar-refractivity contribution in [3.63, 3.8) is 0 Å². The van der Waals surface area contributed by atoms with Crippen molar-refractivity contribution in [1.82, 2.24) is 9.80 Å². The molecular weight excluding hydrogens is 482 g/mol. The fourth-order valence-corrected chi connectivity index (χ4v) is 4.87. The van der Waals surface area contributed by atoms with E-state index >= 15 is 0 Å². The normalized spacial score (nSPS) is 21.3. The first-order chi connectivity index (χ1) is 17.9. The van der Waals surface area contributed by atoms with Crippen LogP contribution in [0.2, 0.25) is 0 Å². The van der Waals surface area contributed by atoms with Crippen LogP contribution in [0.3, 0.4) is 0 Å². The maximum absolute atomic E-state index is 13.2. The minimum absolute atomic E-state index is 0.0677. The lowest BCUT2D eigenvalue weighted by atomic mass is 9.95. The Labute approximate surface area is 213 Å². The largest absolute Gasteiger partial charge is 0.507 e. The van der Waals surface area contributed by atoms with Crippen LogP contribution in [0.5, 0.6) is 11.5 Å². The minimum atomic E-state index is -0.890. The summed E-state index contributed by atoms with van der Waals surface area (Å²) in [5.74, 6) is -0.902. The van der Waals surface area contributed by atoms with E-state index in [0.29, 0.717) is 55.5 Å². The number of aliphatic hydroxyl groups is 1. The average Bonchev–Trinajstić information content (AvgIpc) is 3.18. The highest BCUT2D eigenvalue weighted by Gasteiger charge is 2.46. The van der Waals surface area contributed by atoms with Gasteiger partial charge in [-0.2, -0.15) is 0 Å². The third-order valence-electron chi connectivity index (χ3n) is 6.75. The predicted octanol–water partition coefficient (Wildman–Crippen LogP) is 2.51. The molecule has 2 saturated heterocycles. The second-order valence-electron chi connectivity index (χ2n) is 9.01. The summed E-state index contributed by atoms with van der Waals surface area (Å²) in [6, 6.07) is 9.60. The number of ether oxygens (including phenoxy) is 3. The highest BCUT2D eigenvalue weighted by atomic mass is 16.6. The number of ketones is 1. The summed E-state index contributed by atoms with van der Waals surface area (Å²) in [5, 5.41) is 22.5. The summed E-state index contributed by atoms with van der Waals surface area (Å²) in [4.78, 5) is 40.7. The zero-order chi connectivity index (χ0) is 25.9. The number of hydrogen-bond acceptors (Lipinski definition) is 9. The molecule has 1 N–H and O–H groups in total. The van der Waals surface area contributed by atoms with E-state index < -0.39 is 22.7 Å². The monoisotopic (exact) mass is 509 g/mol. The lowest BCUT2D eigenvalue weighted by molar-refractivity contribution is -0.384. The van der Waals surface area contributed by atoms with Crippen LogP contribution in [0.25, 0.3) is 5.76 Å². The van der Waals surface area contributed by atoms with Crippen molar-refractivity contribution in [1.29, 1.82) is 0 Å². The smallest absolute Gasteiger partial charge is 0.295 e. The number of nitro benzene ring substituents is 1. The van der Waals surface area contributed by atoms with Gasteiger partial charge in [-0.25, -0.2) is 0 Å². The fourth-order valence-electron chi connectivity index (χ4n) is 4.87. The number of likely N-dealkylation sites (tertiary alicyclic amines) is 1. The van der Waals surface area contributed by atoms with E-state index in [2.05, 4.69) is 4.90 Å². The number of morpholine rings is 1. The van der Waals surface area contributed by atoms with Crippen molar-refractivity contribution in [3.8, 4) is 11.5 Å². The second-order valence-corrected chi connectivity index (χ2v) is 9.01. The van der Waals surface area contributed by atoms with E-state index in [1.807, 2.05) is 0 Å². The van der Waals surface area contributed by atoms with E-state index in [9.17, 15) is 24.8 Å². The van der Waals surface area contributed by atoms with E-state index in [1.54, 1.807) is 18.2 Å². The molecule has 0 aromatic heterocycles. The molecule has 0 spiro atoms.